The lowest BCUT2D eigenvalue weighted by atomic mass is 10.1. The third kappa shape index (κ3) is 4.04. The van der Waals surface area contributed by atoms with Crippen molar-refractivity contribution >= 4 is 21.6 Å². The smallest absolute Gasteiger partial charge is 0.119 e. The molecule has 2 aromatic rings. The lowest BCUT2D eigenvalue weighted by Gasteiger charge is -2.07. The number of rotatable bonds is 6. The van der Waals surface area contributed by atoms with Crippen molar-refractivity contribution in [3.63, 3.8) is 0 Å². The highest BCUT2D eigenvalue weighted by atomic mass is 32.2. The number of benzene rings is 2. The maximum Gasteiger partial charge on any atom is 0.119 e. The van der Waals surface area contributed by atoms with Crippen LogP contribution in [0.2, 0.25) is 0 Å². The molecule has 0 fully saturated rings. The Labute approximate surface area is 116 Å². The van der Waals surface area contributed by atoms with E-state index in [0.717, 1.165) is 18.8 Å². The Morgan fingerprint density at radius 3 is 2.63 bits per heavy atom. The highest BCUT2D eigenvalue weighted by Gasteiger charge is 1.99. The van der Waals surface area contributed by atoms with Gasteiger partial charge in [0, 0.05) is 35.9 Å². The van der Waals surface area contributed by atoms with Crippen molar-refractivity contribution in [2.24, 2.45) is 0 Å². The first-order chi connectivity index (χ1) is 9.19. The van der Waals surface area contributed by atoms with Gasteiger partial charge < -0.3 is 10.1 Å². The number of hydrogen-bond acceptors (Lipinski definition) is 3. The van der Waals surface area contributed by atoms with E-state index in [9.17, 15) is 4.21 Å². The molecule has 0 aliphatic rings. The predicted octanol–water partition coefficient (Wildman–Crippen LogP) is 2.32. The van der Waals surface area contributed by atoms with E-state index in [2.05, 4.69) is 29.6 Å². The van der Waals surface area contributed by atoms with E-state index in [1.165, 1.54) is 16.3 Å². The molecule has 1 N–H and O–H groups in total. The van der Waals surface area contributed by atoms with E-state index in [-0.39, 0.29) is 0 Å². The molecule has 0 saturated heterocycles. The molecule has 0 spiro atoms. The maximum atomic E-state index is 10.9. The number of fused-ring (bicyclic) bond motifs is 1. The zero-order valence-corrected chi connectivity index (χ0v) is 12.1. The van der Waals surface area contributed by atoms with Crippen LogP contribution < -0.4 is 10.1 Å². The zero-order valence-electron chi connectivity index (χ0n) is 11.3. The first-order valence-corrected chi connectivity index (χ1v) is 7.99. The Balaban J connectivity index is 2.03. The molecule has 0 heterocycles. The molecule has 0 amide bonds. The average Bonchev–Trinajstić information content (AvgIpc) is 2.42. The molecule has 1 atom stereocenters. The van der Waals surface area contributed by atoms with Crippen molar-refractivity contribution in [1.29, 1.82) is 0 Å². The Hall–Kier alpha value is -1.39. The Morgan fingerprint density at radius 2 is 1.89 bits per heavy atom. The highest BCUT2D eigenvalue weighted by Crippen LogP contribution is 2.21. The molecule has 0 aliphatic carbocycles. The van der Waals surface area contributed by atoms with Crippen molar-refractivity contribution in [2.45, 2.75) is 6.54 Å². The van der Waals surface area contributed by atoms with Crippen LogP contribution in [0.4, 0.5) is 0 Å². The zero-order chi connectivity index (χ0) is 13.7. The summed E-state index contributed by atoms with van der Waals surface area (Å²) in [6, 6.07) is 12.5. The monoisotopic (exact) mass is 277 g/mol. The van der Waals surface area contributed by atoms with Crippen LogP contribution in [0.5, 0.6) is 5.75 Å². The van der Waals surface area contributed by atoms with Crippen molar-refractivity contribution < 1.29 is 8.95 Å². The molecular formula is C15H19NO2S. The number of hydrogen-bond donors (Lipinski definition) is 1. The Bertz CT molecular complexity index is 583. The van der Waals surface area contributed by atoms with Crippen molar-refractivity contribution in [3.05, 3.63) is 42.0 Å². The minimum Gasteiger partial charge on any atom is -0.497 e. The van der Waals surface area contributed by atoms with Gasteiger partial charge >= 0.3 is 0 Å². The Kier molecular flexibility index (Phi) is 4.93. The van der Waals surface area contributed by atoms with E-state index in [4.69, 9.17) is 4.74 Å². The van der Waals surface area contributed by atoms with Crippen LogP contribution in [0.3, 0.4) is 0 Å². The molecule has 3 nitrogen and oxygen atoms in total. The third-order valence-corrected chi connectivity index (χ3v) is 3.79. The van der Waals surface area contributed by atoms with Gasteiger partial charge in [0.25, 0.3) is 0 Å². The quantitative estimate of drug-likeness (QED) is 0.824. The molecule has 1 unspecified atom stereocenters. The second-order valence-corrected chi connectivity index (χ2v) is 6.06. The van der Waals surface area contributed by atoms with Crippen molar-refractivity contribution in [2.75, 3.05) is 25.7 Å². The molecule has 0 aromatic heterocycles. The van der Waals surface area contributed by atoms with Gasteiger partial charge in [-0.2, -0.15) is 0 Å². The van der Waals surface area contributed by atoms with E-state index in [1.807, 2.05) is 12.1 Å². The van der Waals surface area contributed by atoms with Crippen molar-refractivity contribution in [3.8, 4) is 5.75 Å². The largest absolute Gasteiger partial charge is 0.497 e. The van der Waals surface area contributed by atoms with Gasteiger partial charge in [0.2, 0.25) is 0 Å². The molecule has 2 rings (SSSR count). The molecule has 0 radical (unpaired) electrons. The normalized spacial score (nSPS) is 12.5. The molecule has 2 aromatic carbocycles. The number of ether oxygens (including phenoxy) is 1. The summed E-state index contributed by atoms with van der Waals surface area (Å²) in [5.74, 6) is 1.58. The molecule has 0 saturated carbocycles. The van der Waals surface area contributed by atoms with Gasteiger partial charge in [-0.05, 0) is 34.5 Å². The van der Waals surface area contributed by atoms with Gasteiger partial charge in [0.15, 0.2) is 0 Å². The van der Waals surface area contributed by atoms with Crippen molar-refractivity contribution in [1.82, 2.24) is 5.32 Å². The van der Waals surface area contributed by atoms with Crippen LogP contribution in [0.25, 0.3) is 10.8 Å². The SMILES string of the molecule is COc1ccc2cc(CNCCS(C)=O)ccc2c1. The van der Waals surface area contributed by atoms with Gasteiger partial charge in [-0.15, -0.1) is 0 Å². The van der Waals surface area contributed by atoms with Crippen LogP contribution in [0.15, 0.2) is 36.4 Å². The van der Waals surface area contributed by atoms with E-state index in [0.29, 0.717) is 5.75 Å². The van der Waals surface area contributed by atoms with Crippen LogP contribution in [0.1, 0.15) is 5.56 Å². The third-order valence-electron chi connectivity index (χ3n) is 3.01. The highest BCUT2D eigenvalue weighted by molar-refractivity contribution is 7.84. The second kappa shape index (κ2) is 6.68. The van der Waals surface area contributed by atoms with Crippen LogP contribution >= 0.6 is 0 Å². The fraction of sp³-hybridized carbons (Fsp3) is 0.333. The van der Waals surface area contributed by atoms with Gasteiger partial charge in [0.05, 0.1) is 7.11 Å². The number of methoxy groups -OCH3 is 1. The van der Waals surface area contributed by atoms with E-state index in [1.54, 1.807) is 13.4 Å². The summed E-state index contributed by atoms with van der Waals surface area (Å²) in [6.45, 7) is 1.59. The minimum atomic E-state index is -0.726. The summed E-state index contributed by atoms with van der Waals surface area (Å²) in [4.78, 5) is 0. The van der Waals surface area contributed by atoms with E-state index >= 15 is 0 Å². The lowest BCUT2D eigenvalue weighted by molar-refractivity contribution is 0.415. The van der Waals surface area contributed by atoms with Crippen LogP contribution in [-0.2, 0) is 17.3 Å². The average molecular weight is 277 g/mol. The minimum absolute atomic E-state index is 0.699. The van der Waals surface area contributed by atoms with Crippen LogP contribution in [-0.4, -0.2) is 29.9 Å². The fourth-order valence-corrected chi connectivity index (χ4v) is 2.39. The van der Waals surface area contributed by atoms with Gasteiger partial charge in [0.1, 0.15) is 5.75 Å². The summed E-state index contributed by atoms with van der Waals surface area (Å²) in [5, 5.41) is 5.69. The summed E-state index contributed by atoms with van der Waals surface area (Å²) in [6.07, 6.45) is 1.73. The molecule has 4 heteroatoms. The lowest BCUT2D eigenvalue weighted by Crippen LogP contribution is -2.19. The molecule has 0 bridgehead atoms. The first kappa shape index (κ1) is 14.0. The van der Waals surface area contributed by atoms with Gasteiger partial charge in [-0.3, -0.25) is 4.21 Å². The molecule has 102 valence electrons. The molecular weight excluding hydrogens is 258 g/mol. The molecule has 19 heavy (non-hydrogen) atoms. The fourth-order valence-electron chi connectivity index (χ4n) is 1.96. The summed E-state index contributed by atoms with van der Waals surface area (Å²) in [7, 11) is 0.952. The standard InChI is InChI=1S/C15H19NO2S/c1-18-15-6-5-13-9-12(3-4-14(13)10-15)11-16-7-8-19(2)17/h3-6,9-10,16H,7-8,11H2,1-2H3. The second-order valence-electron chi connectivity index (χ2n) is 4.50. The summed E-state index contributed by atoms with van der Waals surface area (Å²) in [5.41, 5.74) is 1.24. The topological polar surface area (TPSA) is 38.3 Å². The molecule has 0 aliphatic heterocycles. The predicted molar refractivity (Wildman–Crippen MR) is 81.1 cm³/mol. The van der Waals surface area contributed by atoms with E-state index < -0.39 is 10.8 Å². The maximum absolute atomic E-state index is 10.9. The number of nitrogens with one attached hydrogen (secondary N) is 1. The van der Waals surface area contributed by atoms with Gasteiger partial charge in [-0.1, -0.05) is 18.2 Å². The van der Waals surface area contributed by atoms with Crippen LogP contribution in [0, 0.1) is 0 Å². The summed E-state index contributed by atoms with van der Waals surface area (Å²) < 4.78 is 16.2. The first-order valence-electron chi connectivity index (χ1n) is 6.26. The van der Waals surface area contributed by atoms with Gasteiger partial charge in [-0.25, -0.2) is 0 Å². The Morgan fingerprint density at radius 1 is 1.16 bits per heavy atom. The summed E-state index contributed by atoms with van der Waals surface area (Å²) >= 11 is 0.